The number of nitrogens with zero attached hydrogens (tertiary/aromatic N) is 2. The smallest absolute Gasteiger partial charge is 0.282 e. The van der Waals surface area contributed by atoms with Crippen LogP contribution in [0, 0.1) is 0 Å². The first kappa shape index (κ1) is 9.30. The van der Waals surface area contributed by atoms with E-state index in [9.17, 15) is 8.78 Å². The van der Waals surface area contributed by atoms with Gasteiger partial charge in [0.1, 0.15) is 12.0 Å². The molecule has 2 rings (SSSR count). The monoisotopic (exact) mass is 199 g/mol. The first-order chi connectivity index (χ1) is 6.70. The summed E-state index contributed by atoms with van der Waals surface area (Å²) in [5.74, 6) is 0.260. The van der Waals surface area contributed by atoms with E-state index in [2.05, 4.69) is 9.97 Å². The van der Waals surface area contributed by atoms with Crippen molar-refractivity contribution in [3.05, 3.63) is 17.7 Å². The molecule has 0 saturated heterocycles. The van der Waals surface area contributed by atoms with E-state index < -0.39 is 6.43 Å². The molecular weight excluding hydrogens is 188 g/mol. The normalized spacial score (nSPS) is 17.1. The molecule has 14 heavy (non-hydrogen) atoms. The highest BCUT2D eigenvalue weighted by Gasteiger charge is 2.26. The number of anilines is 1. The van der Waals surface area contributed by atoms with Gasteiger partial charge >= 0.3 is 0 Å². The molecule has 0 unspecified atom stereocenters. The number of halogens is 2. The maximum Gasteiger partial charge on any atom is 0.282 e. The first-order valence-electron chi connectivity index (χ1n) is 4.58. The second kappa shape index (κ2) is 3.48. The van der Waals surface area contributed by atoms with Crippen LogP contribution in [0.25, 0.3) is 0 Å². The van der Waals surface area contributed by atoms with E-state index in [0.29, 0.717) is 5.69 Å². The number of hydrogen-bond donors (Lipinski definition) is 1. The third-order valence-electron chi connectivity index (χ3n) is 2.64. The van der Waals surface area contributed by atoms with Gasteiger partial charge in [0.05, 0.1) is 11.4 Å². The van der Waals surface area contributed by atoms with Crippen LogP contribution in [-0.2, 0) is 0 Å². The molecule has 1 aliphatic carbocycles. The van der Waals surface area contributed by atoms with Gasteiger partial charge in [-0.25, -0.2) is 18.7 Å². The fourth-order valence-corrected chi connectivity index (χ4v) is 1.60. The minimum absolute atomic E-state index is 0.0761. The molecule has 1 fully saturated rings. The van der Waals surface area contributed by atoms with E-state index in [-0.39, 0.29) is 17.3 Å². The van der Waals surface area contributed by atoms with Crippen molar-refractivity contribution >= 4 is 5.69 Å². The second-order valence-corrected chi connectivity index (χ2v) is 3.49. The Kier molecular flexibility index (Phi) is 2.31. The van der Waals surface area contributed by atoms with Gasteiger partial charge in [0.25, 0.3) is 6.43 Å². The van der Waals surface area contributed by atoms with Crippen molar-refractivity contribution in [1.82, 2.24) is 9.97 Å². The molecule has 0 atom stereocenters. The predicted octanol–water partition coefficient (Wildman–Crippen LogP) is 2.26. The summed E-state index contributed by atoms with van der Waals surface area (Å²) in [6.07, 6.45) is 1.66. The molecule has 0 amide bonds. The van der Waals surface area contributed by atoms with E-state index >= 15 is 0 Å². The highest BCUT2D eigenvalue weighted by atomic mass is 19.3. The summed E-state index contributed by atoms with van der Waals surface area (Å²) in [7, 11) is 0. The lowest BCUT2D eigenvalue weighted by atomic mass is 9.82. The van der Waals surface area contributed by atoms with Crippen molar-refractivity contribution in [2.45, 2.75) is 31.6 Å². The van der Waals surface area contributed by atoms with Crippen LogP contribution in [0.1, 0.15) is 43.0 Å². The van der Waals surface area contributed by atoms with Crippen molar-refractivity contribution < 1.29 is 8.78 Å². The van der Waals surface area contributed by atoms with Crippen molar-refractivity contribution in [2.24, 2.45) is 0 Å². The highest BCUT2D eigenvalue weighted by molar-refractivity contribution is 5.49. The molecule has 0 bridgehead atoms. The maximum absolute atomic E-state index is 12.4. The van der Waals surface area contributed by atoms with Gasteiger partial charge in [-0.3, -0.25) is 0 Å². The molecule has 0 radical (unpaired) electrons. The summed E-state index contributed by atoms with van der Waals surface area (Å²) in [5.41, 5.74) is 5.93. The molecule has 5 heteroatoms. The highest BCUT2D eigenvalue weighted by Crippen LogP contribution is 2.39. The van der Waals surface area contributed by atoms with E-state index in [1.807, 2.05) is 0 Å². The molecular formula is C9H11F2N3. The van der Waals surface area contributed by atoms with Gasteiger partial charge in [-0.15, -0.1) is 0 Å². The number of nitrogen functional groups attached to an aromatic ring is 1. The van der Waals surface area contributed by atoms with Gasteiger partial charge in [0.2, 0.25) is 0 Å². The molecule has 1 aliphatic rings. The van der Waals surface area contributed by atoms with Crippen LogP contribution in [0.15, 0.2) is 6.33 Å². The third kappa shape index (κ3) is 1.42. The van der Waals surface area contributed by atoms with E-state index in [4.69, 9.17) is 5.73 Å². The van der Waals surface area contributed by atoms with Gasteiger partial charge in [-0.2, -0.15) is 0 Å². The molecule has 76 valence electrons. The van der Waals surface area contributed by atoms with E-state index in [1.165, 1.54) is 6.33 Å². The van der Waals surface area contributed by atoms with Crippen LogP contribution in [0.2, 0.25) is 0 Å². The quantitative estimate of drug-likeness (QED) is 0.794. The molecule has 1 aromatic heterocycles. The zero-order chi connectivity index (χ0) is 10.1. The van der Waals surface area contributed by atoms with Crippen LogP contribution in [0.5, 0.6) is 0 Å². The topological polar surface area (TPSA) is 51.8 Å². The van der Waals surface area contributed by atoms with Crippen LogP contribution in [-0.4, -0.2) is 9.97 Å². The second-order valence-electron chi connectivity index (χ2n) is 3.49. The van der Waals surface area contributed by atoms with E-state index in [1.54, 1.807) is 0 Å². The Morgan fingerprint density at radius 2 is 2.07 bits per heavy atom. The average Bonchev–Trinajstić information content (AvgIpc) is 2.04. The standard InChI is InChI=1S/C9H11F2N3/c10-9(11)8-6(12)7(13-4-14-8)5-2-1-3-5/h4-5,9H,1-3,12H2. The Balaban J connectivity index is 2.35. The summed E-state index contributed by atoms with van der Waals surface area (Å²) in [4.78, 5) is 7.47. The Morgan fingerprint density at radius 1 is 1.36 bits per heavy atom. The number of hydrogen-bond acceptors (Lipinski definition) is 3. The molecule has 1 heterocycles. The van der Waals surface area contributed by atoms with Gasteiger partial charge in [0, 0.05) is 5.92 Å². The average molecular weight is 199 g/mol. The molecule has 2 N–H and O–H groups in total. The van der Waals surface area contributed by atoms with Crippen molar-refractivity contribution in [1.29, 1.82) is 0 Å². The molecule has 0 aliphatic heterocycles. The zero-order valence-electron chi connectivity index (χ0n) is 7.58. The summed E-state index contributed by atoms with van der Waals surface area (Å²) in [5, 5.41) is 0. The lowest BCUT2D eigenvalue weighted by Gasteiger charge is -2.26. The molecule has 3 nitrogen and oxygen atoms in total. The van der Waals surface area contributed by atoms with E-state index in [0.717, 1.165) is 19.3 Å². The van der Waals surface area contributed by atoms with Crippen molar-refractivity contribution in [3.63, 3.8) is 0 Å². The fourth-order valence-electron chi connectivity index (χ4n) is 1.60. The Hall–Kier alpha value is -1.26. The SMILES string of the molecule is Nc1c(C(F)F)ncnc1C1CCC1. The molecule has 1 aromatic rings. The van der Waals surface area contributed by atoms with Gasteiger partial charge in [-0.05, 0) is 12.8 Å². The van der Waals surface area contributed by atoms with Crippen molar-refractivity contribution in [3.8, 4) is 0 Å². The van der Waals surface area contributed by atoms with Crippen LogP contribution in [0.3, 0.4) is 0 Å². The minimum Gasteiger partial charge on any atom is -0.396 e. The predicted molar refractivity (Wildman–Crippen MR) is 48.0 cm³/mol. The maximum atomic E-state index is 12.4. The Bertz CT molecular complexity index is 337. The van der Waals surface area contributed by atoms with Crippen LogP contribution in [0.4, 0.5) is 14.5 Å². The molecule has 0 spiro atoms. The Morgan fingerprint density at radius 3 is 2.57 bits per heavy atom. The fraction of sp³-hybridized carbons (Fsp3) is 0.556. The van der Waals surface area contributed by atoms with Gasteiger partial charge in [0.15, 0.2) is 0 Å². The number of nitrogens with two attached hydrogens (primary N) is 1. The zero-order valence-corrected chi connectivity index (χ0v) is 7.58. The number of aromatic nitrogens is 2. The summed E-state index contributed by atoms with van der Waals surface area (Å²) >= 11 is 0. The summed E-state index contributed by atoms with van der Waals surface area (Å²) in [6, 6.07) is 0. The summed E-state index contributed by atoms with van der Waals surface area (Å²) < 4.78 is 24.8. The van der Waals surface area contributed by atoms with Crippen LogP contribution >= 0.6 is 0 Å². The lowest BCUT2D eigenvalue weighted by Crippen LogP contribution is -2.15. The molecule has 1 saturated carbocycles. The summed E-state index contributed by atoms with van der Waals surface area (Å²) in [6.45, 7) is 0. The lowest BCUT2D eigenvalue weighted by molar-refractivity contribution is 0.146. The number of rotatable bonds is 2. The number of alkyl halides is 2. The third-order valence-corrected chi connectivity index (χ3v) is 2.64. The molecule has 0 aromatic carbocycles. The van der Waals surface area contributed by atoms with Gasteiger partial charge < -0.3 is 5.73 Å². The van der Waals surface area contributed by atoms with Gasteiger partial charge in [-0.1, -0.05) is 6.42 Å². The largest absolute Gasteiger partial charge is 0.396 e. The Labute approximate surface area is 80.4 Å². The van der Waals surface area contributed by atoms with Crippen LogP contribution < -0.4 is 5.73 Å². The first-order valence-corrected chi connectivity index (χ1v) is 4.58. The van der Waals surface area contributed by atoms with Crippen molar-refractivity contribution in [2.75, 3.05) is 5.73 Å². The minimum atomic E-state index is -2.61.